The van der Waals surface area contributed by atoms with Crippen LogP contribution in [-0.2, 0) is 19.7 Å². The highest BCUT2D eigenvalue weighted by Gasteiger charge is 2.72. The molecule has 1 N–H and O–H groups in total. The maximum Gasteiger partial charge on any atom is 0.302 e. The number of halogens is 1. The Morgan fingerprint density at radius 3 is 2.95 bits per heavy atom. The summed E-state index contributed by atoms with van der Waals surface area (Å²) < 4.78 is 5.07. The Labute approximate surface area is 116 Å². The highest BCUT2D eigenvalue weighted by Crippen LogP contribution is 2.68. The van der Waals surface area contributed by atoms with Crippen LogP contribution in [-0.4, -0.2) is 18.5 Å². The summed E-state index contributed by atoms with van der Waals surface area (Å²) in [6, 6.07) is 5.45. The molecule has 1 fully saturated rings. The lowest BCUT2D eigenvalue weighted by atomic mass is 9.83. The van der Waals surface area contributed by atoms with Crippen molar-refractivity contribution in [1.29, 1.82) is 0 Å². The Balaban J connectivity index is 2.01. The fourth-order valence-corrected chi connectivity index (χ4v) is 3.24. The van der Waals surface area contributed by atoms with E-state index in [1.807, 2.05) is 19.1 Å². The molecule has 2 aliphatic rings. The van der Waals surface area contributed by atoms with Gasteiger partial charge in [0.2, 0.25) is 5.91 Å². The van der Waals surface area contributed by atoms with Crippen LogP contribution < -0.4 is 5.32 Å². The summed E-state index contributed by atoms with van der Waals surface area (Å²) in [7, 11) is 0. The number of nitrogens with one attached hydrogen (secondary N) is 1. The van der Waals surface area contributed by atoms with Crippen LogP contribution in [0, 0.1) is 5.41 Å². The van der Waals surface area contributed by atoms with Gasteiger partial charge in [0.15, 0.2) is 0 Å². The fraction of sp³-hybridized carbons (Fsp3) is 0.429. The van der Waals surface area contributed by atoms with Crippen LogP contribution in [0.5, 0.6) is 0 Å². The van der Waals surface area contributed by atoms with Crippen molar-refractivity contribution in [2.75, 3.05) is 11.9 Å². The molecule has 4 nitrogen and oxygen atoms in total. The van der Waals surface area contributed by atoms with Gasteiger partial charge in [0.05, 0.1) is 5.41 Å². The molecule has 0 spiro atoms. The summed E-state index contributed by atoms with van der Waals surface area (Å²) >= 11 is 6.03. The molecule has 1 heterocycles. The number of hydrogen-bond acceptors (Lipinski definition) is 3. The second-order valence-electron chi connectivity index (χ2n) is 5.52. The number of anilines is 1. The Morgan fingerprint density at radius 2 is 2.26 bits per heavy atom. The molecule has 0 saturated heterocycles. The van der Waals surface area contributed by atoms with Crippen LogP contribution in [0.4, 0.5) is 5.69 Å². The molecule has 19 heavy (non-hydrogen) atoms. The van der Waals surface area contributed by atoms with E-state index in [2.05, 4.69) is 5.32 Å². The van der Waals surface area contributed by atoms with Crippen LogP contribution in [0.2, 0.25) is 5.02 Å². The summed E-state index contributed by atoms with van der Waals surface area (Å²) in [6.45, 7) is 3.49. The largest absolute Gasteiger partial charge is 0.465 e. The van der Waals surface area contributed by atoms with E-state index in [4.69, 9.17) is 16.3 Å². The lowest BCUT2D eigenvalue weighted by Crippen LogP contribution is -2.39. The minimum atomic E-state index is -0.643. The van der Waals surface area contributed by atoms with Gasteiger partial charge in [0.25, 0.3) is 0 Å². The molecule has 1 amide bonds. The van der Waals surface area contributed by atoms with Gasteiger partial charge in [0.1, 0.15) is 6.61 Å². The van der Waals surface area contributed by atoms with Crippen molar-refractivity contribution in [2.45, 2.75) is 25.7 Å². The number of fused-ring (bicyclic) bond motifs is 3. The SMILES string of the molecule is CC(=O)OCC12CC1(C)c1cc(Cl)ccc1NC2=O. The Bertz CT molecular complexity index is 600. The standard InChI is InChI=1S/C14H14ClNO3/c1-8(17)19-7-14-6-13(14,2)10-5-9(15)3-4-11(10)16-12(14)18/h3-5H,6-7H2,1-2H3,(H,16,18). The molecule has 1 aromatic rings. The van der Waals surface area contributed by atoms with Crippen molar-refractivity contribution in [3.8, 4) is 0 Å². The van der Waals surface area contributed by atoms with Crippen LogP contribution in [0.25, 0.3) is 0 Å². The van der Waals surface area contributed by atoms with E-state index in [1.54, 1.807) is 6.07 Å². The number of amides is 1. The van der Waals surface area contributed by atoms with Crippen LogP contribution in [0.3, 0.4) is 0 Å². The van der Waals surface area contributed by atoms with Gasteiger partial charge in [-0.2, -0.15) is 0 Å². The predicted molar refractivity (Wildman–Crippen MR) is 71.1 cm³/mol. The second-order valence-corrected chi connectivity index (χ2v) is 5.95. The van der Waals surface area contributed by atoms with Gasteiger partial charge in [-0.1, -0.05) is 18.5 Å². The van der Waals surface area contributed by atoms with Gasteiger partial charge in [-0.3, -0.25) is 9.59 Å². The molecule has 1 aliphatic heterocycles. The zero-order valence-electron chi connectivity index (χ0n) is 10.7. The van der Waals surface area contributed by atoms with E-state index in [0.717, 1.165) is 11.3 Å². The van der Waals surface area contributed by atoms with E-state index < -0.39 is 5.41 Å². The van der Waals surface area contributed by atoms with Crippen LogP contribution in [0.1, 0.15) is 25.8 Å². The fourth-order valence-electron chi connectivity index (χ4n) is 3.07. The van der Waals surface area contributed by atoms with Gasteiger partial charge in [-0.05, 0) is 30.2 Å². The average molecular weight is 280 g/mol. The summed E-state index contributed by atoms with van der Waals surface area (Å²) in [5, 5.41) is 3.52. The first kappa shape index (κ1) is 12.5. The highest BCUT2D eigenvalue weighted by atomic mass is 35.5. The number of carbonyl (C=O) groups is 2. The first-order chi connectivity index (χ1) is 8.89. The molecule has 0 radical (unpaired) electrons. The molecule has 3 rings (SSSR count). The maximum absolute atomic E-state index is 12.3. The molecule has 1 aliphatic carbocycles. The van der Waals surface area contributed by atoms with Crippen molar-refractivity contribution >= 4 is 29.2 Å². The minimum absolute atomic E-state index is 0.0777. The van der Waals surface area contributed by atoms with Crippen molar-refractivity contribution in [3.63, 3.8) is 0 Å². The molecule has 2 atom stereocenters. The van der Waals surface area contributed by atoms with Gasteiger partial charge in [-0.15, -0.1) is 0 Å². The topological polar surface area (TPSA) is 55.4 Å². The third kappa shape index (κ3) is 1.59. The van der Waals surface area contributed by atoms with E-state index >= 15 is 0 Å². The monoisotopic (exact) mass is 279 g/mol. The Kier molecular flexibility index (Phi) is 2.45. The summed E-state index contributed by atoms with van der Waals surface area (Å²) in [4.78, 5) is 23.3. The number of hydrogen-bond donors (Lipinski definition) is 1. The van der Waals surface area contributed by atoms with E-state index in [9.17, 15) is 9.59 Å². The van der Waals surface area contributed by atoms with Crippen molar-refractivity contribution < 1.29 is 14.3 Å². The molecule has 0 bridgehead atoms. The molecule has 1 aromatic carbocycles. The smallest absolute Gasteiger partial charge is 0.302 e. The van der Waals surface area contributed by atoms with Crippen LogP contribution >= 0.6 is 11.6 Å². The lowest BCUT2D eigenvalue weighted by Gasteiger charge is -2.29. The van der Waals surface area contributed by atoms with Crippen LogP contribution in [0.15, 0.2) is 18.2 Å². The zero-order chi connectivity index (χ0) is 13.8. The average Bonchev–Trinajstić information content (AvgIpc) is 2.98. The number of esters is 1. The quantitative estimate of drug-likeness (QED) is 0.846. The van der Waals surface area contributed by atoms with Gasteiger partial charge in [-0.25, -0.2) is 0 Å². The predicted octanol–water partition coefficient (Wildman–Crippen LogP) is 2.50. The number of carbonyl (C=O) groups excluding carboxylic acids is 2. The first-order valence-corrected chi connectivity index (χ1v) is 6.52. The van der Waals surface area contributed by atoms with Gasteiger partial charge < -0.3 is 10.1 Å². The summed E-state index contributed by atoms with van der Waals surface area (Å²) in [6.07, 6.45) is 0.673. The second kappa shape index (κ2) is 3.73. The third-order valence-electron chi connectivity index (χ3n) is 4.37. The number of benzene rings is 1. The van der Waals surface area contributed by atoms with Gasteiger partial charge in [0, 0.05) is 23.0 Å². The third-order valence-corrected chi connectivity index (χ3v) is 4.60. The Hall–Kier alpha value is -1.55. The minimum Gasteiger partial charge on any atom is -0.465 e. The lowest BCUT2D eigenvalue weighted by molar-refractivity contribution is -0.144. The molecular formula is C14H14ClNO3. The molecule has 1 saturated carbocycles. The summed E-state index contributed by atoms with van der Waals surface area (Å²) in [5.74, 6) is -0.445. The number of rotatable bonds is 2. The first-order valence-electron chi connectivity index (χ1n) is 6.14. The van der Waals surface area contributed by atoms with E-state index in [1.165, 1.54) is 6.92 Å². The van der Waals surface area contributed by atoms with E-state index in [-0.39, 0.29) is 23.9 Å². The van der Waals surface area contributed by atoms with E-state index in [0.29, 0.717) is 11.4 Å². The van der Waals surface area contributed by atoms with Crippen molar-refractivity contribution in [1.82, 2.24) is 0 Å². The Morgan fingerprint density at radius 1 is 1.53 bits per heavy atom. The molecule has 100 valence electrons. The normalized spacial score (nSPS) is 31.0. The molecule has 5 heteroatoms. The van der Waals surface area contributed by atoms with Crippen molar-refractivity contribution in [3.05, 3.63) is 28.8 Å². The van der Waals surface area contributed by atoms with Gasteiger partial charge >= 0.3 is 5.97 Å². The number of ether oxygens (including phenoxy) is 1. The maximum atomic E-state index is 12.3. The summed E-state index contributed by atoms with van der Waals surface area (Å²) in [5.41, 5.74) is 0.876. The van der Waals surface area contributed by atoms with Crippen molar-refractivity contribution in [2.24, 2.45) is 5.41 Å². The molecular weight excluding hydrogens is 266 g/mol. The molecule has 2 unspecified atom stereocenters. The molecule has 0 aromatic heterocycles. The zero-order valence-corrected chi connectivity index (χ0v) is 11.5. The highest BCUT2D eigenvalue weighted by molar-refractivity contribution is 6.30.